The van der Waals surface area contributed by atoms with Gasteiger partial charge in [0, 0.05) is 34.5 Å². The number of aliphatic carboxylic acids is 1. The molecule has 0 saturated carbocycles. The Hall–Kier alpha value is -2.29. The summed E-state index contributed by atoms with van der Waals surface area (Å²) in [6, 6.07) is -0.880. The number of amides is 2. The van der Waals surface area contributed by atoms with E-state index in [0.717, 1.165) is 24.2 Å². The first-order valence-corrected chi connectivity index (χ1v) is 12.5. The van der Waals surface area contributed by atoms with Crippen molar-refractivity contribution >= 4 is 63.5 Å². The Kier molecular flexibility index (Phi) is 6.93. The number of fused-ring (bicyclic) bond motifs is 1. The van der Waals surface area contributed by atoms with E-state index in [9.17, 15) is 19.5 Å². The van der Waals surface area contributed by atoms with Gasteiger partial charge in [0.1, 0.15) is 29.9 Å². The maximum absolute atomic E-state index is 12.9. The third-order valence-corrected chi connectivity index (χ3v) is 8.63. The molecule has 14 heteroatoms. The van der Waals surface area contributed by atoms with Crippen molar-refractivity contribution in [2.24, 2.45) is 5.16 Å². The van der Waals surface area contributed by atoms with E-state index >= 15 is 0 Å². The minimum Gasteiger partial charge on any atom is -0.477 e. The first-order chi connectivity index (χ1) is 15.4. The van der Waals surface area contributed by atoms with Crippen LogP contribution in [0.5, 0.6) is 0 Å². The largest absolute Gasteiger partial charge is 0.477 e. The number of hydrogen-bond donors (Lipinski definition) is 3. The number of anilines is 1. The van der Waals surface area contributed by atoms with Gasteiger partial charge in [-0.25, -0.2) is 9.78 Å². The van der Waals surface area contributed by atoms with Crippen LogP contribution in [-0.4, -0.2) is 81.2 Å². The molecule has 2 amide bonds. The number of hydrogen-bond acceptors (Lipinski definition) is 11. The number of nitrogens with zero attached hydrogens (tertiary/aromatic N) is 3. The Morgan fingerprint density at radius 3 is 2.81 bits per heavy atom. The van der Waals surface area contributed by atoms with Gasteiger partial charge in [-0.2, -0.15) is 0 Å². The normalized spacial score (nSPS) is 24.1. The Balaban J connectivity index is 1.49. The number of carbonyl (C=O) groups excluding carboxylic acids is 2. The standard InChI is InChI=1S/C18H21N5O6S3/c1-28-22-11(9-6-31-18(19)20-9)14(24)21-12-15(25)23-13(17(26)27)10(7-30-16(12)23)32-8-2-4-29-5-3-8/h6,8,12,16H,2-5,7H2,1H3,(H2,19,20)(H,21,24)(H,26,27)/t12?,16-/m0/s1. The van der Waals surface area contributed by atoms with Crippen LogP contribution >= 0.6 is 34.9 Å². The summed E-state index contributed by atoms with van der Waals surface area (Å²) in [5, 5.41) is 17.7. The van der Waals surface area contributed by atoms with Crippen LogP contribution in [0.15, 0.2) is 21.1 Å². The summed E-state index contributed by atoms with van der Waals surface area (Å²) in [5.74, 6) is -1.83. The molecule has 32 heavy (non-hydrogen) atoms. The second-order valence-corrected chi connectivity index (χ2v) is 10.5. The van der Waals surface area contributed by atoms with Gasteiger partial charge in [0.2, 0.25) is 0 Å². The number of rotatable bonds is 7. The highest BCUT2D eigenvalue weighted by Crippen LogP contribution is 2.45. The average molecular weight is 500 g/mol. The van der Waals surface area contributed by atoms with E-state index in [1.165, 1.54) is 35.5 Å². The molecule has 4 heterocycles. The minimum atomic E-state index is -1.15. The van der Waals surface area contributed by atoms with Crippen LogP contribution in [0.3, 0.4) is 0 Å². The molecule has 0 aromatic carbocycles. The Morgan fingerprint density at radius 2 is 2.19 bits per heavy atom. The summed E-state index contributed by atoms with van der Waals surface area (Å²) < 4.78 is 5.37. The molecule has 1 aromatic rings. The van der Waals surface area contributed by atoms with Gasteiger partial charge >= 0.3 is 5.97 Å². The van der Waals surface area contributed by atoms with Crippen molar-refractivity contribution < 1.29 is 29.1 Å². The van der Waals surface area contributed by atoms with E-state index < -0.39 is 29.2 Å². The van der Waals surface area contributed by atoms with E-state index in [2.05, 4.69) is 15.5 Å². The number of carboxylic acid groups (broad SMARTS) is 1. The van der Waals surface area contributed by atoms with Crippen molar-refractivity contribution in [2.75, 3.05) is 31.8 Å². The SMILES string of the molecule is CON=C(C(=O)NC1C(=O)N2C(C(=O)O)=C(SC3CCOCC3)CS[C@@H]12)c1csc(N)n1. The number of thiazole rings is 1. The topological polar surface area (TPSA) is 156 Å². The second kappa shape index (κ2) is 9.68. The van der Waals surface area contributed by atoms with Crippen molar-refractivity contribution in [1.82, 2.24) is 15.2 Å². The Bertz CT molecular complexity index is 990. The van der Waals surface area contributed by atoms with Gasteiger partial charge in [-0.05, 0) is 12.8 Å². The first kappa shape index (κ1) is 22.9. The molecule has 3 aliphatic rings. The van der Waals surface area contributed by atoms with Gasteiger partial charge in [0.25, 0.3) is 11.8 Å². The quantitative estimate of drug-likeness (QED) is 0.277. The molecule has 4 rings (SSSR count). The monoisotopic (exact) mass is 499 g/mol. The summed E-state index contributed by atoms with van der Waals surface area (Å²) in [5.41, 5.74) is 5.75. The van der Waals surface area contributed by atoms with Crippen molar-refractivity contribution in [1.29, 1.82) is 0 Å². The smallest absolute Gasteiger partial charge is 0.353 e. The maximum Gasteiger partial charge on any atom is 0.353 e. The molecule has 1 aromatic heterocycles. The molecular formula is C18H21N5O6S3. The molecule has 2 atom stereocenters. The molecule has 2 saturated heterocycles. The fourth-order valence-electron chi connectivity index (χ4n) is 3.58. The molecule has 172 valence electrons. The van der Waals surface area contributed by atoms with Crippen LogP contribution in [0.2, 0.25) is 0 Å². The number of nitrogens with one attached hydrogen (secondary N) is 1. The molecule has 2 fully saturated rings. The zero-order chi connectivity index (χ0) is 22.8. The predicted molar refractivity (Wildman–Crippen MR) is 121 cm³/mol. The predicted octanol–water partition coefficient (Wildman–Crippen LogP) is 0.684. The fraction of sp³-hybridized carbons (Fsp3) is 0.500. The van der Waals surface area contributed by atoms with Crippen LogP contribution in [0.4, 0.5) is 5.13 Å². The maximum atomic E-state index is 12.9. The number of β-lactam (4-membered cyclic amide) rings is 1. The molecular weight excluding hydrogens is 478 g/mol. The highest BCUT2D eigenvalue weighted by Gasteiger charge is 2.54. The average Bonchev–Trinajstić information content (AvgIpc) is 3.21. The number of thioether (sulfide) groups is 2. The minimum absolute atomic E-state index is 0.00111. The van der Waals surface area contributed by atoms with Gasteiger partial charge in [0.05, 0.1) is 0 Å². The van der Waals surface area contributed by atoms with E-state index in [1.807, 2.05) is 0 Å². The zero-order valence-electron chi connectivity index (χ0n) is 17.0. The number of nitrogens with two attached hydrogens (primary N) is 1. The number of carboxylic acids is 1. The summed E-state index contributed by atoms with van der Waals surface area (Å²) >= 11 is 4.07. The van der Waals surface area contributed by atoms with Gasteiger partial charge in [-0.3, -0.25) is 14.5 Å². The summed E-state index contributed by atoms with van der Waals surface area (Å²) in [6.07, 6.45) is 1.68. The van der Waals surface area contributed by atoms with Crippen LogP contribution in [0.1, 0.15) is 18.5 Å². The Morgan fingerprint density at radius 1 is 1.44 bits per heavy atom. The van der Waals surface area contributed by atoms with E-state index in [1.54, 1.807) is 5.38 Å². The summed E-state index contributed by atoms with van der Waals surface area (Å²) in [7, 11) is 1.29. The molecule has 3 aliphatic heterocycles. The van der Waals surface area contributed by atoms with Crippen molar-refractivity contribution in [3.8, 4) is 0 Å². The summed E-state index contributed by atoms with van der Waals surface area (Å²) in [6.45, 7) is 1.30. The lowest BCUT2D eigenvalue weighted by atomic mass is 10.0. The number of nitrogen functional groups attached to an aromatic ring is 1. The van der Waals surface area contributed by atoms with Gasteiger partial charge in [-0.1, -0.05) is 5.16 Å². The third kappa shape index (κ3) is 4.44. The number of aromatic nitrogens is 1. The fourth-order valence-corrected chi connectivity index (χ4v) is 6.92. The number of oxime groups is 1. The van der Waals surface area contributed by atoms with Crippen LogP contribution < -0.4 is 11.1 Å². The summed E-state index contributed by atoms with van der Waals surface area (Å²) in [4.78, 5) is 48.4. The van der Waals surface area contributed by atoms with Crippen molar-refractivity contribution in [3.63, 3.8) is 0 Å². The zero-order valence-corrected chi connectivity index (χ0v) is 19.4. The van der Waals surface area contributed by atoms with Crippen LogP contribution in [-0.2, 0) is 24.0 Å². The molecule has 4 N–H and O–H groups in total. The Labute approximate surface area is 195 Å². The van der Waals surface area contributed by atoms with Crippen LogP contribution in [0.25, 0.3) is 0 Å². The molecule has 0 radical (unpaired) electrons. The second-order valence-electron chi connectivity index (χ2n) is 7.06. The van der Waals surface area contributed by atoms with E-state index in [4.69, 9.17) is 15.3 Å². The van der Waals surface area contributed by atoms with Gasteiger partial charge in [0.15, 0.2) is 10.8 Å². The number of carbonyl (C=O) groups is 3. The van der Waals surface area contributed by atoms with Gasteiger partial charge < -0.3 is 25.7 Å². The van der Waals surface area contributed by atoms with Crippen LogP contribution in [0, 0.1) is 0 Å². The lowest BCUT2D eigenvalue weighted by Gasteiger charge is -2.49. The molecule has 1 unspecified atom stereocenters. The van der Waals surface area contributed by atoms with Crippen molar-refractivity contribution in [3.05, 3.63) is 21.7 Å². The van der Waals surface area contributed by atoms with Gasteiger partial charge in [-0.15, -0.1) is 34.9 Å². The highest BCUT2D eigenvalue weighted by atomic mass is 32.2. The molecule has 0 spiro atoms. The number of ether oxygens (including phenoxy) is 1. The van der Waals surface area contributed by atoms with E-state index in [-0.39, 0.29) is 27.5 Å². The highest BCUT2D eigenvalue weighted by molar-refractivity contribution is 8.06. The third-order valence-electron chi connectivity index (χ3n) is 5.06. The lowest BCUT2D eigenvalue weighted by molar-refractivity contribution is -0.150. The molecule has 0 bridgehead atoms. The lowest BCUT2D eigenvalue weighted by Crippen LogP contribution is -2.71. The van der Waals surface area contributed by atoms with Crippen molar-refractivity contribution in [2.45, 2.75) is 29.5 Å². The molecule has 11 nitrogen and oxygen atoms in total. The molecule has 0 aliphatic carbocycles. The van der Waals surface area contributed by atoms with E-state index in [0.29, 0.717) is 23.9 Å². The first-order valence-electron chi connectivity index (χ1n) is 9.69.